The maximum Gasteiger partial charge on any atom is -0.0242 e. The van der Waals surface area contributed by atoms with Crippen molar-refractivity contribution in [1.29, 1.82) is 0 Å². The van der Waals surface area contributed by atoms with Crippen molar-refractivity contribution in [2.75, 3.05) is 0 Å². The predicted octanol–water partition coefficient (Wildman–Crippen LogP) is 5.45. The van der Waals surface area contributed by atoms with Gasteiger partial charge in [-0.25, -0.2) is 0 Å². The SMILES string of the molecule is CCCCCC/C=C/CCc1ccccc1C. The van der Waals surface area contributed by atoms with Gasteiger partial charge in [0, 0.05) is 0 Å². The number of hydrogen-bond acceptors (Lipinski definition) is 0. The first kappa shape index (κ1) is 14.0. The maximum absolute atomic E-state index is 2.36. The van der Waals surface area contributed by atoms with Crippen molar-refractivity contribution in [1.82, 2.24) is 0 Å². The molecule has 0 unspecified atom stereocenters. The first-order valence-electron chi connectivity index (χ1n) is 7.04. The lowest BCUT2D eigenvalue weighted by molar-refractivity contribution is 0.674. The van der Waals surface area contributed by atoms with E-state index >= 15 is 0 Å². The second kappa shape index (κ2) is 9.04. The Labute approximate surface area is 107 Å². The molecule has 1 rings (SSSR count). The topological polar surface area (TPSA) is 0 Å². The molecule has 1 aromatic rings. The fourth-order valence-electron chi connectivity index (χ4n) is 2.05. The van der Waals surface area contributed by atoms with E-state index in [-0.39, 0.29) is 0 Å². The minimum atomic E-state index is 1.18. The van der Waals surface area contributed by atoms with Crippen molar-refractivity contribution in [3.8, 4) is 0 Å². The number of rotatable bonds is 8. The van der Waals surface area contributed by atoms with E-state index in [0.29, 0.717) is 0 Å². The van der Waals surface area contributed by atoms with Gasteiger partial charge in [0.25, 0.3) is 0 Å². The molecule has 0 N–H and O–H groups in total. The lowest BCUT2D eigenvalue weighted by Crippen LogP contribution is -1.87. The number of benzene rings is 1. The van der Waals surface area contributed by atoms with Gasteiger partial charge < -0.3 is 0 Å². The van der Waals surface area contributed by atoms with Crippen LogP contribution < -0.4 is 0 Å². The Bertz CT molecular complexity index is 323. The Kier molecular flexibility index (Phi) is 7.46. The molecule has 0 aliphatic heterocycles. The van der Waals surface area contributed by atoms with Crippen LogP contribution in [-0.4, -0.2) is 0 Å². The van der Waals surface area contributed by atoms with Crippen LogP contribution in [0.25, 0.3) is 0 Å². The van der Waals surface area contributed by atoms with Gasteiger partial charge in [-0.15, -0.1) is 0 Å². The van der Waals surface area contributed by atoms with E-state index in [2.05, 4.69) is 50.3 Å². The van der Waals surface area contributed by atoms with Crippen LogP contribution in [0.1, 0.15) is 56.6 Å². The van der Waals surface area contributed by atoms with Gasteiger partial charge >= 0.3 is 0 Å². The number of aryl methyl sites for hydroxylation is 2. The molecule has 0 nitrogen and oxygen atoms in total. The molecular formula is C17H26. The molecule has 0 heteroatoms. The molecule has 1 aromatic carbocycles. The van der Waals surface area contributed by atoms with Crippen LogP contribution in [0.2, 0.25) is 0 Å². The maximum atomic E-state index is 2.36. The smallest absolute Gasteiger partial charge is 0.0242 e. The number of unbranched alkanes of at least 4 members (excludes halogenated alkanes) is 4. The highest BCUT2D eigenvalue weighted by Crippen LogP contribution is 2.10. The van der Waals surface area contributed by atoms with Crippen LogP contribution >= 0.6 is 0 Å². The van der Waals surface area contributed by atoms with E-state index in [1.807, 2.05) is 0 Å². The number of hydrogen-bond donors (Lipinski definition) is 0. The molecule has 94 valence electrons. The lowest BCUT2D eigenvalue weighted by Gasteiger charge is -2.02. The van der Waals surface area contributed by atoms with Crippen LogP contribution in [0, 0.1) is 6.92 Å². The second-order valence-electron chi connectivity index (χ2n) is 4.79. The minimum Gasteiger partial charge on any atom is -0.0885 e. The predicted molar refractivity (Wildman–Crippen MR) is 77.4 cm³/mol. The van der Waals surface area contributed by atoms with Crippen LogP contribution in [0.4, 0.5) is 0 Å². The van der Waals surface area contributed by atoms with Crippen molar-refractivity contribution < 1.29 is 0 Å². The summed E-state index contributed by atoms with van der Waals surface area (Å²) in [5, 5.41) is 0. The molecule has 0 bridgehead atoms. The van der Waals surface area contributed by atoms with Crippen molar-refractivity contribution in [2.24, 2.45) is 0 Å². The molecule has 0 saturated heterocycles. The Morgan fingerprint density at radius 1 is 0.941 bits per heavy atom. The fourth-order valence-corrected chi connectivity index (χ4v) is 2.05. The summed E-state index contributed by atoms with van der Waals surface area (Å²) in [7, 11) is 0. The summed E-state index contributed by atoms with van der Waals surface area (Å²) in [4.78, 5) is 0. The van der Waals surface area contributed by atoms with E-state index in [0.717, 1.165) is 0 Å². The quantitative estimate of drug-likeness (QED) is 0.411. The van der Waals surface area contributed by atoms with Crippen LogP contribution in [0.5, 0.6) is 0 Å². The van der Waals surface area contributed by atoms with Crippen molar-refractivity contribution >= 4 is 0 Å². The average Bonchev–Trinajstić information content (AvgIpc) is 2.35. The highest BCUT2D eigenvalue weighted by molar-refractivity contribution is 5.25. The molecule has 0 aliphatic rings. The summed E-state index contributed by atoms with van der Waals surface area (Å²) in [5.74, 6) is 0. The molecule has 0 aliphatic carbocycles. The molecule has 0 atom stereocenters. The summed E-state index contributed by atoms with van der Waals surface area (Å²) in [6.07, 6.45) is 13.8. The van der Waals surface area contributed by atoms with Crippen molar-refractivity contribution in [3.63, 3.8) is 0 Å². The molecule has 0 saturated carbocycles. The van der Waals surface area contributed by atoms with Gasteiger partial charge in [0.2, 0.25) is 0 Å². The summed E-state index contributed by atoms with van der Waals surface area (Å²) < 4.78 is 0. The second-order valence-corrected chi connectivity index (χ2v) is 4.79. The monoisotopic (exact) mass is 230 g/mol. The van der Waals surface area contributed by atoms with Crippen molar-refractivity contribution in [3.05, 3.63) is 47.5 Å². The van der Waals surface area contributed by atoms with E-state index in [1.54, 1.807) is 0 Å². The van der Waals surface area contributed by atoms with Crippen LogP contribution in [0.15, 0.2) is 36.4 Å². The summed E-state index contributed by atoms with van der Waals surface area (Å²) in [6.45, 7) is 4.46. The molecular weight excluding hydrogens is 204 g/mol. The van der Waals surface area contributed by atoms with Gasteiger partial charge in [0.15, 0.2) is 0 Å². The van der Waals surface area contributed by atoms with Gasteiger partial charge in [-0.1, -0.05) is 62.6 Å². The van der Waals surface area contributed by atoms with Crippen molar-refractivity contribution in [2.45, 2.75) is 58.8 Å². The van der Waals surface area contributed by atoms with E-state index < -0.39 is 0 Å². The zero-order valence-electron chi connectivity index (χ0n) is 11.4. The van der Waals surface area contributed by atoms with Gasteiger partial charge in [0.05, 0.1) is 0 Å². The highest BCUT2D eigenvalue weighted by Gasteiger charge is 1.94. The Morgan fingerprint density at radius 3 is 2.47 bits per heavy atom. The Hall–Kier alpha value is -1.04. The Morgan fingerprint density at radius 2 is 1.71 bits per heavy atom. The number of allylic oxidation sites excluding steroid dienone is 2. The average molecular weight is 230 g/mol. The third kappa shape index (κ3) is 6.31. The van der Waals surface area contributed by atoms with E-state index in [1.165, 1.54) is 56.1 Å². The van der Waals surface area contributed by atoms with Gasteiger partial charge in [-0.05, 0) is 43.7 Å². The normalized spacial score (nSPS) is 11.2. The van der Waals surface area contributed by atoms with E-state index in [4.69, 9.17) is 0 Å². The first-order valence-corrected chi connectivity index (χ1v) is 7.04. The summed E-state index contributed by atoms with van der Waals surface area (Å²) in [6, 6.07) is 8.69. The lowest BCUT2D eigenvalue weighted by atomic mass is 10.0. The first-order chi connectivity index (χ1) is 8.34. The van der Waals surface area contributed by atoms with Crippen LogP contribution in [-0.2, 0) is 6.42 Å². The molecule has 0 spiro atoms. The molecule has 0 heterocycles. The van der Waals surface area contributed by atoms with Gasteiger partial charge in [-0.2, -0.15) is 0 Å². The molecule has 17 heavy (non-hydrogen) atoms. The van der Waals surface area contributed by atoms with E-state index in [9.17, 15) is 0 Å². The largest absolute Gasteiger partial charge is 0.0885 e. The Balaban J connectivity index is 2.11. The van der Waals surface area contributed by atoms with Gasteiger partial charge in [-0.3, -0.25) is 0 Å². The summed E-state index contributed by atoms with van der Waals surface area (Å²) >= 11 is 0. The standard InChI is InChI=1S/C17H26/c1-3-4-5-6-7-8-9-10-14-17-15-12-11-13-16(17)2/h8-9,11-13,15H,3-7,10,14H2,1-2H3/b9-8+. The zero-order chi connectivity index (χ0) is 12.3. The highest BCUT2D eigenvalue weighted by atomic mass is 14.0. The van der Waals surface area contributed by atoms with Crippen LogP contribution in [0.3, 0.4) is 0 Å². The third-order valence-electron chi connectivity index (χ3n) is 3.23. The van der Waals surface area contributed by atoms with Gasteiger partial charge in [0.1, 0.15) is 0 Å². The summed E-state index contributed by atoms with van der Waals surface area (Å²) in [5.41, 5.74) is 2.91. The zero-order valence-corrected chi connectivity index (χ0v) is 11.4. The molecule has 0 amide bonds. The minimum absolute atomic E-state index is 1.18. The third-order valence-corrected chi connectivity index (χ3v) is 3.23. The molecule has 0 fully saturated rings. The molecule has 0 aromatic heterocycles. The fraction of sp³-hybridized carbons (Fsp3) is 0.529. The molecule has 0 radical (unpaired) electrons.